The molecule has 0 aliphatic heterocycles. The highest BCUT2D eigenvalue weighted by Gasteiger charge is 2.09. The van der Waals surface area contributed by atoms with E-state index in [4.69, 9.17) is 4.74 Å². The molecule has 0 saturated heterocycles. The number of benzene rings is 2. The molecule has 2 N–H and O–H groups in total. The highest BCUT2D eigenvalue weighted by atomic mass is 16.5. The van der Waals surface area contributed by atoms with E-state index < -0.39 is 0 Å². The van der Waals surface area contributed by atoms with Crippen LogP contribution in [0.1, 0.15) is 32.7 Å². The Balaban J connectivity index is 1.58. The van der Waals surface area contributed by atoms with Crippen LogP contribution in [0.2, 0.25) is 0 Å². The van der Waals surface area contributed by atoms with Crippen molar-refractivity contribution < 1.29 is 9.53 Å². The molecule has 5 nitrogen and oxygen atoms in total. The van der Waals surface area contributed by atoms with E-state index >= 15 is 0 Å². The third kappa shape index (κ3) is 4.85. The third-order valence-electron chi connectivity index (χ3n) is 4.28. The smallest absolute Gasteiger partial charge is 0.253 e. The van der Waals surface area contributed by atoms with Crippen molar-refractivity contribution in [2.45, 2.75) is 27.0 Å². The lowest BCUT2D eigenvalue weighted by molar-refractivity contribution is 0.0950. The number of aromatic nitrogens is 1. The number of hydrogen-bond acceptors (Lipinski definition) is 3. The van der Waals surface area contributed by atoms with E-state index in [1.807, 2.05) is 62.4 Å². The van der Waals surface area contributed by atoms with Gasteiger partial charge in [0.15, 0.2) is 0 Å². The van der Waals surface area contributed by atoms with Crippen molar-refractivity contribution >= 4 is 5.91 Å². The molecule has 3 rings (SSSR count). The van der Waals surface area contributed by atoms with Crippen LogP contribution in [0.25, 0.3) is 0 Å². The maximum Gasteiger partial charge on any atom is 0.253 e. The van der Waals surface area contributed by atoms with E-state index in [0.717, 1.165) is 22.6 Å². The van der Waals surface area contributed by atoms with Gasteiger partial charge >= 0.3 is 0 Å². The topological polar surface area (TPSA) is 71.2 Å². The van der Waals surface area contributed by atoms with Crippen molar-refractivity contribution in [3.63, 3.8) is 0 Å². The summed E-state index contributed by atoms with van der Waals surface area (Å²) in [6, 6.07) is 18.7. The molecule has 0 unspecified atom stereocenters. The fraction of sp³-hybridized carbons (Fsp3) is 0.182. The second-order valence-electron chi connectivity index (χ2n) is 6.42. The molecule has 0 bridgehead atoms. The standard InChI is InChI=1S/C22H22N2O3/c1-15-12-16(2)24-22(26)20(15)13-23-21(25)18-10-8-17(9-11-18)14-27-19-6-4-3-5-7-19/h3-12H,13-14H2,1-2H3,(H,23,25)(H,24,26). The molecular weight excluding hydrogens is 340 g/mol. The van der Waals surface area contributed by atoms with E-state index in [9.17, 15) is 9.59 Å². The number of rotatable bonds is 6. The summed E-state index contributed by atoms with van der Waals surface area (Å²) in [5.74, 6) is 0.586. The first-order valence-corrected chi connectivity index (χ1v) is 8.77. The lowest BCUT2D eigenvalue weighted by Gasteiger charge is -2.09. The summed E-state index contributed by atoms with van der Waals surface area (Å²) in [5, 5.41) is 2.80. The molecular formula is C22H22N2O3. The van der Waals surface area contributed by atoms with Gasteiger partial charge in [0.25, 0.3) is 11.5 Å². The number of aryl methyl sites for hydroxylation is 2. The average Bonchev–Trinajstić information content (AvgIpc) is 2.66. The van der Waals surface area contributed by atoms with Gasteiger partial charge in [-0.15, -0.1) is 0 Å². The van der Waals surface area contributed by atoms with Crippen LogP contribution < -0.4 is 15.6 Å². The van der Waals surface area contributed by atoms with Crippen LogP contribution in [0.4, 0.5) is 0 Å². The molecule has 0 atom stereocenters. The number of para-hydroxylation sites is 1. The lowest BCUT2D eigenvalue weighted by Crippen LogP contribution is -2.27. The van der Waals surface area contributed by atoms with Gasteiger partial charge in [0.1, 0.15) is 12.4 Å². The minimum absolute atomic E-state index is 0.166. The van der Waals surface area contributed by atoms with Gasteiger partial charge in [0.2, 0.25) is 0 Å². The number of carbonyl (C=O) groups is 1. The van der Waals surface area contributed by atoms with Gasteiger partial charge in [-0.05, 0) is 55.3 Å². The maximum absolute atomic E-state index is 12.3. The first-order chi connectivity index (χ1) is 13.0. The van der Waals surface area contributed by atoms with Crippen molar-refractivity contribution in [2.24, 2.45) is 0 Å². The molecule has 0 radical (unpaired) electrons. The summed E-state index contributed by atoms with van der Waals surface area (Å²) in [4.78, 5) is 27.1. The van der Waals surface area contributed by atoms with Crippen molar-refractivity contribution in [2.75, 3.05) is 0 Å². The Morgan fingerprint density at radius 2 is 1.74 bits per heavy atom. The number of ether oxygens (including phenoxy) is 1. The molecule has 0 aliphatic rings. The summed E-state index contributed by atoms with van der Waals surface area (Å²) in [6.07, 6.45) is 0. The van der Waals surface area contributed by atoms with Gasteiger partial charge in [-0.3, -0.25) is 9.59 Å². The number of H-pyrrole nitrogens is 1. The van der Waals surface area contributed by atoms with Gasteiger partial charge in [-0.1, -0.05) is 30.3 Å². The number of aromatic amines is 1. The Hall–Kier alpha value is -3.34. The Morgan fingerprint density at radius 3 is 2.41 bits per heavy atom. The van der Waals surface area contributed by atoms with Crippen LogP contribution in [-0.2, 0) is 13.2 Å². The molecule has 3 aromatic rings. The first-order valence-electron chi connectivity index (χ1n) is 8.77. The molecule has 2 aromatic carbocycles. The SMILES string of the molecule is Cc1cc(C)c(CNC(=O)c2ccc(COc3ccccc3)cc2)c(=O)[nH]1. The summed E-state index contributed by atoms with van der Waals surface area (Å²) in [6.45, 7) is 4.33. The second-order valence-corrected chi connectivity index (χ2v) is 6.42. The van der Waals surface area contributed by atoms with Crippen LogP contribution in [0.3, 0.4) is 0 Å². The molecule has 1 heterocycles. The van der Waals surface area contributed by atoms with E-state index in [0.29, 0.717) is 17.7 Å². The zero-order valence-corrected chi connectivity index (χ0v) is 15.4. The molecule has 0 aliphatic carbocycles. The van der Waals surface area contributed by atoms with Gasteiger partial charge in [0.05, 0.1) is 0 Å². The van der Waals surface area contributed by atoms with Gasteiger partial charge in [-0.25, -0.2) is 0 Å². The quantitative estimate of drug-likeness (QED) is 0.705. The second kappa shape index (κ2) is 8.36. The van der Waals surface area contributed by atoms with E-state index in [-0.39, 0.29) is 18.0 Å². The first kappa shape index (κ1) is 18.5. The van der Waals surface area contributed by atoms with Gasteiger partial charge in [0, 0.05) is 23.4 Å². The third-order valence-corrected chi connectivity index (χ3v) is 4.28. The normalized spacial score (nSPS) is 10.4. The van der Waals surface area contributed by atoms with E-state index in [1.54, 1.807) is 12.1 Å². The number of amides is 1. The van der Waals surface area contributed by atoms with E-state index in [2.05, 4.69) is 10.3 Å². The van der Waals surface area contributed by atoms with Crippen molar-refractivity contribution in [3.05, 3.63) is 99.0 Å². The average molecular weight is 362 g/mol. The summed E-state index contributed by atoms with van der Waals surface area (Å²) in [7, 11) is 0. The van der Waals surface area contributed by atoms with Gasteiger partial charge < -0.3 is 15.0 Å². The summed E-state index contributed by atoms with van der Waals surface area (Å²) < 4.78 is 5.69. The van der Waals surface area contributed by atoms with Crippen LogP contribution in [0.15, 0.2) is 65.5 Å². The fourth-order valence-electron chi connectivity index (χ4n) is 2.81. The van der Waals surface area contributed by atoms with Crippen LogP contribution in [0, 0.1) is 13.8 Å². The number of hydrogen-bond donors (Lipinski definition) is 2. The van der Waals surface area contributed by atoms with Crippen LogP contribution >= 0.6 is 0 Å². The Kier molecular flexibility index (Phi) is 5.71. The zero-order valence-electron chi connectivity index (χ0n) is 15.4. The molecule has 0 saturated carbocycles. The minimum Gasteiger partial charge on any atom is -0.489 e. The van der Waals surface area contributed by atoms with Crippen molar-refractivity contribution in [3.8, 4) is 5.75 Å². The number of pyridine rings is 1. The molecule has 1 amide bonds. The number of nitrogens with one attached hydrogen (secondary N) is 2. The van der Waals surface area contributed by atoms with E-state index in [1.165, 1.54) is 0 Å². The van der Waals surface area contributed by atoms with Gasteiger partial charge in [-0.2, -0.15) is 0 Å². The predicted molar refractivity (Wildman–Crippen MR) is 105 cm³/mol. The zero-order chi connectivity index (χ0) is 19.2. The maximum atomic E-state index is 12.3. The Labute approximate surface area is 158 Å². The van der Waals surface area contributed by atoms with Crippen molar-refractivity contribution in [1.29, 1.82) is 0 Å². The highest BCUT2D eigenvalue weighted by Crippen LogP contribution is 2.12. The molecule has 138 valence electrons. The lowest BCUT2D eigenvalue weighted by atomic mass is 10.1. The molecule has 0 spiro atoms. The highest BCUT2D eigenvalue weighted by molar-refractivity contribution is 5.94. The largest absolute Gasteiger partial charge is 0.489 e. The fourth-order valence-corrected chi connectivity index (χ4v) is 2.81. The summed E-state index contributed by atoms with van der Waals surface area (Å²) in [5.41, 5.74) is 3.59. The van der Waals surface area contributed by atoms with Crippen LogP contribution in [-0.4, -0.2) is 10.9 Å². The molecule has 27 heavy (non-hydrogen) atoms. The Morgan fingerprint density at radius 1 is 1.04 bits per heavy atom. The predicted octanol–water partition coefficient (Wildman–Crippen LogP) is 3.50. The monoisotopic (exact) mass is 362 g/mol. The number of carbonyl (C=O) groups excluding carboxylic acids is 1. The minimum atomic E-state index is -0.218. The molecule has 0 fully saturated rings. The van der Waals surface area contributed by atoms with Crippen molar-refractivity contribution in [1.82, 2.24) is 10.3 Å². The summed E-state index contributed by atoms with van der Waals surface area (Å²) >= 11 is 0. The van der Waals surface area contributed by atoms with Crippen LogP contribution in [0.5, 0.6) is 5.75 Å². The molecule has 1 aromatic heterocycles. The molecule has 5 heteroatoms. The Bertz CT molecular complexity index is 977.